The largest absolute Gasteiger partial charge is 0.390 e. The number of aliphatic hydroxyl groups is 1. The maximum Gasteiger partial charge on any atom is 0.203 e. The summed E-state index contributed by atoms with van der Waals surface area (Å²) in [6.07, 6.45) is -0.834. The first-order valence-corrected chi connectivity index (χ1v) is 8.41. The number of rotatable bonds is 6. The number of hydrogen-bond acceptors (Lipinski definition) is 3. The van der Waals surface area contributed by atoms with Crippen molar-refractivity contribution >= 4 is 8.32 Å². The Hall–Kier alpha value is 0.0969. The van der Waals surface area contributed by atoms with Gasteiger partial charge in [-0.3, -0.25) is 0 Å². The van der Waals surface area contributed by atoms with Crippen LogP contribution in [0.5, 0.6) is 0 Å². The van der Waals surface area contributed by atoms with Crippen LogP contribution in [-0.2, 0) is 4.43 Å². The quantitative estimate of drug-likeness (QED) is 0.560. The molecular weight excluding hydrogens is 218 g/mol. The Labute approximate surface area is 102 Å². The lowest BCUT2D eigenvalue weighted by atomic mass is 10.4. The first-order chi connectivity index (χ1) is 7.16. The summed E-state index contributed by atoms with van der Waals surface area (Å²) in [7, 11) is -1.98. The molecule has 0 aromatic heterocycles. The lowest BCUT2D eigenvalue weighted by molar-refractivity contribution is -0.0451. The predicted molar refractivity (Wildman–Crippen MR) is 71.8 cm³/mol. The summed E-state index contributed by atoms with van der Waals surface area (Å²) in [5.41, 5.74) is 7.11. The molecule has 98 valence electrons. The molecule has 3 nitrogen and oxygen atoms in total. The zero-order chi connectivity index (χ0) is 13.1. The van der Waals surface area contributed by atoms with Crippen LogP contribution < -0.4 is 5.73 Å². The third-order valence-corrected chi connectivity index (χ3v) is 9.55. The van der Waals surface area contributed by atoms with E-state index in [4.69, 9.17) is 10.2 Å². The second-order valence-electron chi connectivity index (χ2n) is 5.69. The Kier molecular flexibility index (Phi) is 6.18. The van der Waals surface area contributed by atoms with E-state index >= 15 is 0 Å². The van der Waals surface area contributed by atoms with Crippen molar-refractivity contribution in [2.45, 2.75) is 77.4 Å². The first-order valence-electron chi connectivity index (χ1n) is 6.27. The van der Waals surface area contributed by atoms with Gasteiger partial charge in [-0.1, -0.05) is 41.5 Å². The van der Waals surface area contributed by atoms with Crippen LogP contribution in [0.4, 0.5) is 0 Å². The molecule has 16 heavy (non-hydrogen) atoms. The predicted octanol–water partition coefficient (Wildman–Crippen LogP) is 2.84. The van der Waals surface area contributed by atoms with Gasteiger partial charge in [0.1, 0.15) is 0 Å². The van der Waals surface area contributed by atoms with Crippen LogP contribution in [0, 0.1) is 0 Å². The lowest BCUT2D eigenvalue weighted by Gasteiger charge is -2.44. The summed E-state index contributed by atoms with van der Waals surface area (Å²) in [4.78, 5) is 0. The highest BCUT2D eigenvalue weighted by atomic mass is 28.4. The van der Waals surface area contributed by atoms with Crippen molar-refractivity contribution in [3.8, 4) is 0 Å². The summed E-state index contributed by atoms with van der Waals surface area (Å²) in [5, 5.41) is 9.90. The van der Waals surface area contributed by atoms with Gasteiger partial charge in [-0.15, -0.1) is 0 Å². The Morgan fingerprint density at radius 2 is 1.19 bits per heavy atom. The van der Waals surface area contributed by atoms with Crippen molar-refractivity contribution in [1.29, 1.82) is 0 Å². The molecule has 3 N–H and O–H groups in total. The van der Waals surface area contributed by atoms with Gasteiger partial charge in [0.05, 0.1) is 6.04 Å². The van der Waals surface area contributed by atoms with E-state index in [0.29, 0.717) is 16.6 Å². The van der Waals surface area contributed by atoms with Crippen molar-refractivity contribution in [2.75, 3.05) is 0 Å². The van der Waals surface area contributed by atoms with Gasteiger partial charge in [0.25, 0.3) is 0 Å². The molecule has 0 aliphatic rings. The molecule has 0 aromatic carbocycles. The zero-order valence-electron chi connectivity index (χ0n) is 11.8. The molecular formula is C12H29NO2Si. The molecule has 4 heteroatoms. The van der Waals surface area contributed by atoms with Gasteiger partial charge in [0.2, 0.25) is 8.32 Å². The van der Waals surface area contributed by atoms with Gasteiger partial charge >= 0.3 is 0 Å². The average molecular weight is 247 g/mol. The summed E-state index contributed by atoms with van der Waals surface area (Å²) >= 11 is 0. The van der Waals surface area contributed by atoms with Crippen LogP contribution >= 0.6 is 0 Å². The Morgan fingerprint density at radius 3 is 1.38 bits per heavy atom. The second kappa shape index (κ2) is 6.14. The van der Waals surface area contributed by atoms with Crippen LogP contribution in [0.2, 0.25) is 16.6 Å². The molecule has 2 atom stereocenters. The third kappa shape index (κ3) is 3.29. The molecule has 0 radical (unpaired) electrons. The molecule has 0 aliphatic heterocycles. The summed E-state index contributed by atoms with van der Waals surface area (Å²) in [6.45, 7) is 14.9. The molecule has 0 fully saturated rings. The molecule has 0 spiro atoms. The van der Waals surface area contributed by atoms with Gasteiger partial charge in [0, 0.05) is 0 Å². The maximum absolute atomic E-state index is 9.90. The van der Waals surface area contributed by atoms with Crippen molar-refractivity contribution in [2.24, 2.45) is 5.73 Å². The van der Waals surface area contributed by atoms with Crippen molar-refractivity contribution in [1.82, 2.24) is 0 Å². The monoisotopic (exact) mass is 247 g/mol. The SMILES string of the molecule is CC(N)C(O)O[Si](C(C)C)(C(C)C)C(C)C. The molecule has 0 aromatic rings. The Bertz CT molecular complexity index is 183. The van der Waals surface area contributed by atoms with E-state index in [2.05, 4.69) is 41.5 Å². The fraction of sp³-hybridized carbons (Fsp3) is 1.00. The number of nitrogens with two attached hydrogens (primary N) is 1. The first kappa shape index (κ1) is 16.1. The molecule has 0 saturated heterocycles. The highest BCUT2D eigenvalue weighted by Gasteiger charge is 2.46. The molecule has 0 amide bonds. The van der Waals surface area contributed by atoms with Crippen molar-refractivity contribution in [3.63, 3.8) is 0 Å². The minimum atomic E-state index is -1.98. The van der Waals surface area contributed by atoms with Gasteiger partial charge in [-0.25, -0.2) is 0 Å². The molecule has 0 heterocycles. The van der Waals surface area contributed by atoms with Crippen LogP contribution in [-0.4, -0.2) is 25.8 Å². The fourth-order valence-corrected chi connectivity index (χ4v) is 8.17. The molecule has 0 saturated carbocycles. The van der Waals surface area contributed by atoms with E-state index in [1.54, 1.807) is 6.92 Å². The number of hydrogen-bond donors (Lipinski definition) is 2. The molecule has 2 unspecified atom stereocenters. The highest BCUT2D eigenvalue weighted by molar-refractivity contribution is 6.77. The van der Waals surface area contributed by atoms with Crippen LogP contribution in [0.15, 0.2) is 0 Å². The Balaban J connectivity index is 5.05. The number of aliphatic hydroxyl groups excluding tert-OH is 1. The molecule has 0 aliphatic carbocycles. The maximum atomic E-state index is 9.90. The lowest BCUT2D eigenvalue weighted by Crippen LogP contribution is -2.53. The minimum Gasteiger partial charge on any atom is -0.390 e. The van der Waals surface area contributed by atoms with Crippen LogP contribution in [0.3, 0.4) is 0 Å². The zero-order valence-corrected chi connectivity index (χ0v) is 12.8. The highest BCUT2D eigenvalue weighted by Crippen LogP contribution is 2.42. The van der Waals surface area contributed by atoms with E-state index in [1.165, 1.54) is 0 Å². The fourth-order valence-electron chi connectivity index (χ4n) is 2.72. The molecule has 0 rings (SSSR count). The topological polar surface area (TPSA) is 55.5 Å². The van der Waals surface area contributed by atoms with Crippen LogP contribution in [0.1, 0.15) is 48.5 Å². The van der Waals surface area contributed by atoms with E-state index in [0.717, 1.165) is 0 Å². The smallest absolute Gasteiger partial charge is 0.203 e. The summed E-state index contributed by atoms with van der Waals surface area (Å²) in [6, 6.07) is -0.330. The van der Waals surface area contributed by atoms with Gasteiger partial charge in [0.15, 0.2) is 6.29 Å². The normalized spacial score (nSPS) is 17.2. The standard InChI is InChI=1S/C12H29NO2Si/c1-8(2)16(9(3)4,10(5)6)15-12(14)11(7)13/h8-12,14H,13H2,1-7H3. The van der Waals surface area contributed by atoms with Gasteiger partial charge in [-0.2, -0.15) is 0 Å². The van der Waals surface area contributed by atoms with E-state index in [9.17, 15) is 5.11 Å². The van der Waals surface area contributed by atoms with Crippen molar-refractivity contribution < 1.29 is 9.53 Å². The van der Waals surface area contributed by atoms with Crippen molar-refractivity contribution in [3.05, 3.63) is 0 Å². The van der Waals surface area contributed by atoms with Gasteiger partial charge < -0.3 is 15.3 Å². The second-order valence-corrected chi connectivity index (χ2v) is 11.1. The van der Waals surface area contributed by atoms with Gasteiger partial charge in [-0.05, 0) is 23.5 Å². The van der Waals surface area contributed by atoms with E-state index in [-0.39, 0.29) is 6.04 Å². The third-order valence-electron chi connectivity index (χ3n) is 3.48. The van der Waals surface area contributed by atoms with E-state index < -0.39 is 14.6 Å². The van der Waals surface area contributed by atoms with Crippen LogP contribution in [0.25, 0.3) is 0 Å². The van der Waals surface area contributed by atoms with E-state index in [1.807, 2.05) is 0 Å². The summed E-state index contributed by atoms with van der Waals surface area (Å²) < 4.78 is 6.05. The molecule has 0 bridgehead atoms. The average Bonchev–Trinajstić information content (AvgIpc) is 2.11. The minimum absolute atomic E-state index is 0.330. The Morgan fingerprint density at radius 1 is 0.875 bits per heavy atom. The summed E-state index contributed by atoms with van der Waals surface area (Å²) in [5.74, 6) is 0.